The number of likely N-dealkylation sites (N-methyl/N-ethyl adjacent to an activating group) is 1. The summed E-state index contributed by atoms with van der Waals surface area (Å²) in [6.07, 6.45) is 4.24. The Balaban J connectivity index is 1.83. The van der Waals surface area contributed by atoms with Crippen LogP contribution in [0.2, 0.25) is 0 Å². The highest BCUT2D eigenvalue weighted by Gasteiger charge is 2.07. The molecular weight excluding hydrogens is 298 g/mol. The third-order valence-corrected chi connectivity index (χ3v) is 4.57. The van der Waals surface area contributed by atoms with Gasteiger partial charge in [-0.05, 0) is 56.5 Å². The zero-order valence-electron chi connectivity index (χ0n) is 15.3. The van der Waals surface area contributed by atoms with Gasteiger partial charge in [0.25, 0.3) is 0 Å². The van der Waals surface area contributed by atoms with Crippen LogP contribution in [0.25, 0.3) is 10.9 Å². The van der Waals surface area contributed by atoms with E-state index >= 15 is 0 Å². The van der Waals surface area contributed by atoms with Crippen molar-refractivity contribution in [2.45, 2.75) is 33.6 Å². The van der Waals surface area contributed by atoms with Gasteiger partial charge in [0.15, 0.2) is 0 Å². The Labute approximate surface area is 145 Å². The number of aliphatic hydroxyl groups is 1. The number of aliphatic hydroxyl groups excluding tert-OH is 1. The number of fused-ring (bicyclic) bond motifs is 1. The van der Waals surface area contributed by atoms with Crippen LogP contribution in [0.5, 0.6) is 0 Å². The van der Waals surface area contributed by atoms with E-state index in [0.717, 1.165) is 31.7 Å². The maximum absolute atomic E-state index is 9.03. The Kier molecular flexibility index (Phi) is 7.47. The van der Waals surface area contributed by atoms with E-state index in [2.05, 4.69) is 60.2 Å². The predicted octanol–water partition coefficient (Wildman–Crippen LogP) is 3.69. The highest BCUT2D eigenvalue weighted by molar-refractivity contribution is 5.91. The van der Waals surface area contributed by atoms with E-state index in [1.807, 2.05) is 6.20 Å². The first kappa shape index (κ1) is 18.7. The van der Waals surface area contributed by atoms with Gasteiger partial charge in [-0.2, -0.15) is 0 Å². The van der Waals surface area contributed by atoms with Crippen molar-refractivity contribution < 1.29 is 5.11 Å². The second-order valence-electron chi connectivity index (χ2n) is 6.67. The number of hydrogen-bond acceptors (Lipinski definition) is 4. The Morgan fingerprint density at radius 1 is 1.25 bits per heavy atom. The van der Waals surface area contributed by atoms with Gasteiger partial charge in [-0.3, -0.25) is 4.98 Å². The largest absolute Gasteiger partial charge is 0.395 e. The molecule has 1 atom stereocenters. The molecule has 4 nitrogen and oxygen atoms in total. The van der Waals surface area contributed by atoms with Crippen molar-refractivity contribution in [2.75, 3.05) is 38.1 Å². The Bertz CT molecular complexity index is 629. The molecule has 0 saturated heterocycles. The predicted molar refractivity (Wildman–Crippen MR) is 103 cm³/mol. The SMILES string of the molecule is CCN(CCO)CCCC(C)CNc1ccnc2cc(C)ccc12. The number of nitrogens with one attached hydrogen (secondary N) is 1. The second-order valence-corrected chi connectivity index (χ2v) is 6.67. The highest BCUT2D eigenvalue weighted by Crippen LogP contribution is 2.23. The zero-order chi connectivity index (χ0) is 17.4. The van der Waals surface area contributed by atoms with Crippen molar-refractivity contribution in [1.82, 2.24) is 9.88 Å². The average molecular weight is 329 g/mol. The van der Waals surface area contributed by atoms with Crippen LogP contribution in [-0.2, 0) is 0 Å². The zero-order valence-corrected chi connectivity index (χ0v) is 15.3. The summed E-state index contributed by atoms with van der Waals surface area (Å²) < 4.78 is 0. The molecular formula is C20H31N3O. The van der Waals surface area contributed by atoms with Crippen LogP contribution in [0.15, 0.2) is 30.5 Å². The molecule has 0 aliphatic heterocycles. The molecule has 0 amide bonds. The van der Waals surface area contributed by atoms with Crippen molar-refractivity contribution >= 4 is 16.6 Å². The van der Waals surface area contributed by atoms with Gasteiger partial charge in [0.05, 0.1) is 12.1 Å². The van der Waals surface area contributed by atoms with Crippen molar-refractivity contribution in [2.24, 2.45) is 5.92 Å². The van der Waals surface area contributed by atoms with Gasteiger partial charge < -0.3 is 15.3 Å². The fourth-order valence-electron chi connectivity index (χ4n) is 3.03. The average Bonchev–Trinajstić information content (AvgIpc) is 2.58. The van der Waals surface area contributed by atoms with Gasteiger partial charge in [0.2, 0.25) is 0 Å². The fourth-order valence-corrected chi connectivity index (χ4v) is 3.03. The van der Waals surface area contributed by atoms with Crippen molar-refractivity contribution in [3.63, 3.8) is 0 Å². The van der Waals surface area contributed by atoms with Gasteiger partial charge >= 0.3 is 0 Å². The first-order chi connectivity index (χ1) is 11.6. The van der Waals surface area contributed by atoms with Crippen LogP contribution in [0.1, 0.15) is 32.3 Å². The molecule has 1 heterocycles. The number of rotatable bonds is 10. The van der Waals surface area contributed by atoms with Gasteiger partial charge in [0, 0.05) is 30.4 Å². The van der Waals surface area contributed by atoms with Crippen LogP contribution in [-0.4, -0.2) is 47.8 Å². The maximum Gasteiger partial charge on any atom is 0.0725 e. The third kappa shape index (κ3) is 5.46. The molecule has 1 unspecified atom stereocenters. The van der Waals surface area contributed by atoms with E-state index in [1.54, 1.807) is 0 Å². The third-order valence-electron chi connectivity index (χ3n) is 4.57. The number of benzene rings is 1. The highest BCUT2D eigenvalue weighted by atomic mass is 16.3. The number of aryl methyl sites for hydroxylation is 1. The van der Waals surface area contributed by atoms with Crippen LogP contribution >= 0.6 is 0 Å². The molecule has 2 aromatic rings. The summed E-state index contributed by atoms with van der Waals surface area (Å²) in [7, 11) is 0. The van der Waals surface area contributed by atoms with Gasteiger partial charge in [-0.25, -0.2) is 0 Å². The number of anilines is 1. The smallest absolute Gasteiger partial charge is 0.0725 e. The van der Waals surface area contributed by atoms with E-state index in [0.29, 0.717) is 5.92 Å². The number of pyridine rings is 1. The normalized spacial score (nSPS) is 12.7. The lowest BCUT2D eigenvalue weighted by atomic mass is 10.0. The molecule has 1 aromatic heterocycles. The van der Waals surface area contributed by atoms with E-state index in [-0.39, 0.29) is 6.61 Å². The van der Waals surface area contributed by atoms with E-state index < -0.39 is 0 Å². The minimum absolute atomic E-state index is 0.250. The molecule has 0 spiro atoms. The lowest BCUT2D eigenvalue weighted by Crippen LogP contribution is -2.28. The molecule has 0 bridgehead atoms. The lowest BCUT2D eigenvalue weighted by Gasteiger charge is -2.20. The summed E-state index contributed by atoms with van der Waals surface area (Å²) >= 11 is 0. The molecule has 0 saturated carbocycles. The molecule has 0 aliphatic carbocycles. The van der Waals surface area contributed by atoms with Gasteiger partial charge in [0.1, 0.15) is 0 Å². The molecule has 24 heavy (non-hydrogen) atoms. The molecule has 0 aliphatic rings. The quantitative estimate of drug-likeness (QED) is 0.698. The summed E-state index contributed by atoms with van der Waals surface area (Å²) in [6, 6.07) is 8.48. The van der Waals surface area contributed by atoms with Crippen LogP contribution < -0.4 is 5.32 Å². The standard InChI is InChI=1S/C20H31N3O/c1-4-23(12-13-24)11-5-6-17(3)15-22-19-9-10-21-20-14-16(2)7-8-18(19)20/h7-10,14,17,24H,4-6,11-13,15H2,1-3H3,(H,21,22). The lowest BCUT2D eigenvalue weighted by molar-refractivity contribution is 0.198. The maximum atomic E-state index is 9.03. The monoisotopic (exact) mass is 329 g/mol. The molecule has 2 N–H and O–H groups in total. The Hall–Kier alpha value is -1.65. The second kappa shape index (κ2) is 9.60. The molecule has 132 valence electrons. The molecule has 1 aromatic carbocycles. The minimum Gasteiger partial charge on any atom is -0.395 e. The first-order valence-corrected chi connectivity index (χ1v) is 9.06. The number of hydrogen-bond donors (Lipinski definition) is 2. The summed E-state index contributed by atoms with van der Waals surface area (Å²) in [5.41, 5.74) is 3.46. The van der Waals surface area contributed by atoms with Crippen molar-refractivity contribution in [3.05, 3.63) is 36.0 Å². The fraction of sp³-hybridized carbons (Fsp3) is 0.550. The number of nitrogens with zero attached hydrogens (tertiary/aromatic N) is 2. The summed E-state index contributed by atoms with van der Waals surface area (Å²) in [5.74, 6) is 0.617. The van der Waals surface area contributed by atoms with Crippen LogP contribution in [0.4, 0.5) is 5.69 Å². The van der Waals surface area contributed by atoms with Crippen LogP contribution in [0.3, 0.4) is 0 Å². The summed E-state index contributed by atoms with van der Waals surface area (Å²) in [5, 5.41) is 13.8. The molecule has 4 heteroatoms. The van der Waals surface area contributed by atoms with Gasteiger partial charge in [-0.15, -0.1) is 0 Å². The Morgan fingerprint density at radius 2 is 2.08 bits per heavy atom. The molecule has 2 rings (SSSR count). The van der Waals surface area contributed by atoms with E-state index in [1.165, 1.54) is 29.5 Å². The minimum atomic E-state index is 0.250. The van der Waals surface area contributed by atoms with Gasteiger partial charge in [-0.1, -0.05) is 26.0 Å². The molecule has 0 radical (unpaired) electrons. The van der Waals surface area contributed by atoms with E-state index in [9.17, 15) is 0 Å². The topological polar surface area (TPSA) is 48.4 Å². The molecule has 0 fully saturated rings. The number of aromatic nitrogens is 1. The first-order valence-electron chi connectivity index (χ1n) is 9.06. The van der Waals surface area contributed by atoms with Crippen LogP contribution in [0, 0.1) is 12.8 Å². The summed E-state index contributed by atoms with van der Waals surface area (Å²) in [6.45, 7) is 10.6. The summed E-state index contributed by atoms with van der Waals surface area (Å²) in [4.78, 5) is 6.76. The van der Waals surface area contributed by atoms with Crippen molar-refractivity contribution in [3.8, 4) is 0 Å². The van der Waals surface area contributed by atoms with Crippen molar-refractivity contribution in [1.29, 1.82) is 0 Å². The van der Waals surface area contributed by atoms with E-state index in [4.69, 9.17) is 5.11 Å². The Morgan fingerprint density at radius 3 is 2.83 bits per heavy atom.